The Morgan fingerprint density at radius 2 is 2.10 bits per heavy atom. The highest BCUT2D eigenvalue weighted by molar-refractivity contribution is 7.98. The molecule has 0 unspecified atom stereocenters. The fourth-order valence-corrected chi connectivity index (χ4v) is 4.74. The van der Waals surface area contributed by atoms with Gasteiger partial charge in [0.05, 0.1) is 22.8 Å². The van der Waals surface area contributed by atoms with Gasteiger partial charge in [-0.3, -0.25) is 4.79 Å². The van der Waals surface area contributed by atoms with Crippen LogP contribution in [0.3, 0.4) is 0 Å². The van der Waals surface area contributed by atoms with Gasteiger partial charge in [-0.2, -0.15) is 0 Å². The van der Waals surface area contributed by atoms with Crippen molar-refractivity contribution in [2.24, 2.45) is 0 Å². The Labute approximate surface area is 181 Å². The van der Waals surface area contributed by atoms with Gasteiger partial charge in [-0.25, -0.2) is 9.67 Å². The summed E-state index contributed by atoms with van der Waals surface area (Å²) in [6, 6.07) is 15.7. The van der Waals surface area contributed by atoms with Gasteiger partial charge in [0.1, 0.15) is 0 Å². The normalized spacial score (nSPS) is 13.3. The first-order valence-corrected chi connectivity index (χ1v) is 11.5. The van der Waals surface area contributed by atoms with Crippen LogP contribution in [-0.4, -0.2) is 31.1 Å². The molecule has 150 valence electrons. The molecule has 0 aliphatic heterocycles. The van der Waals surface area contributed by atoms with Crippen molar-refractivity contribution in [2.45, 2.75) is 29.5 Å². The largest absolute Gasteiger partial charge is 0.322 e. The maximum atomic E-state index is 13.0. The van der Waals surface area contributed by atoms with Gasteiger partial charge in [-0.05, 0) is 47.5 Å². The number of nitrogens with one attached hydrogen (secondary N) is 1. The van der Waals surface area contributed by atoms with Crippen LogP contribution in [0.5, 0.6) is 0 Å². The number of amides is 1. The fraction of sp³-hybridized carbons (Fsp3) is 0.190. The van der Waals surface area contributed by atoms with Crippen LogP contribution in [0.25, 0.3) is 11.4 Å². The van der Waals surface area contributed by atoms with E-state index in [2.05, 4.69) is 25.8 Å². The molecule has 1 aliphatic rings. The maximum absolute atomic E-state index is 13.0. The molecular formula is C21H18N6OS2. The molecule has 30 heavy (non-hydrogen) atoms. The van der Waals surface area contributed by atoms with E-state index in [1.165, 1.54) is 0 Å². The Hall–Kier alpha value is -3.04. The first kappa shape index (κ1) is 19.0. The van der Waals surface area contributed by atoms with Crippen molar-refractivity contribution >= 4 is 34.7 Å². The van der Waals surface area contributed by atoms with Crippen molar-refractivity contribution < 1.29 is 4.79 Å². The molecule has 1 saturated carbocycles. The first-order chi connectivity index (χ1) is 14.8. The van der Waals surface area contributed by atoms with Gasteiger partial charge in [-0.1, -0.05) is 24.3 Å². The van der Waals surface area contributed by atoms with Gasteiger partial charge in [0.2, 0.25) is 0 Å². The Morgan fingerprint density at radius 1 is 1.20 bits per heavy atom. The van der Waals surface area contributed by atoms with Crippen LogP contribution in [0.4, 0.5) is 5.69 Å². The smallest absolute Gasteiger partial charge is 0.256 e. The molecular weight excluding hydrogens is 416 g/mol. The van der Waals surface area contributed by atoms with Gasteiger partial charge < -0.3 is 5.32 Å². The second-order valence-electron chi connectivity index (χ2n) is 6.98. The minimum absolute atomic E-state index is 0.143. The van der Waals surface area contributed by atoms with Gasteiger partial charge in [0.15, 0.2) is 5.82 Å². The van der Waals surface area contributed by atoms with Crippen molar-refractivity contribution in [3.63, 3.8) is 0 Å². The van der Waals surface area contributed by atoms with Crippen LogP contribution in [0.15, 0.2) is 64.3 Å². The molecule has 7 nitrogen and oxygen atoms in total. The van der Waals surface area contributed by atoms with Crippen LogP contribution < -0.4 is 5.32 Å². The van der Waals surface area contributed by atoms with Crippen molar-refractivity contribution in [3.05, 3.63) is 70.7 Å². The molecule has 9 heteroatoms. The predicted octanol–water partition coefficient (Wildman–Crippen LogP) is 4.68. The molecule has 2 aromatic heterocycles. The van der Waals surface area contributed by atoms with Crippen LogP contribution in [0.1, 0.15) is 34.9 Å². The van der Waals surface area contributed by atoms with E-state index in [-0.39, 0.29) is 5.91 Å². The van der Waals surface area contributed by atoms with Crippen molar-refractivity contribution in [3.8, 4) is 11.4 Å². The number of carbonyl (C=O) groups excluding carboxylic acids is 1. The quantitative estimate of drug-likeness (QED) is 0.425. The van der Waals surface area contributed by atoms with E-state index in [0.29, 0.717) is 17.3 Å². The topological polar surface area (TPSA) is 85.6 Å². The van der Waals surface area contributed by atoms with E-state index in [1.54, 1.807) is 23.1 Å². The summed E-state index contributed by atoms with van der Waals surface area (Å²) in [6.07, 6.45) is 2.20. The average molecular weight is 435 g/mol. The lowest BCUT2D eigenvalue weighted by molar-refractivity contribution is 0.102. The zero-order valence-corrected chi connectivity index (χ0v) is 17.6. The Bertz CT molecular complexity index is 1170. The lowest BCUT2D eigenvalue weighted by atomic mass is 10.1. The van der Waals surface area contributed by atoms with E-state index in [9.17, 15) is 4.79 Å². The third-order valence-corrected chi connectivity index (χ3v) is 6.50. The van der Waals surface area contributed by atoms with E-state index >= 15 is 0 Å². The zero-order chi connectivity index (χ0) is 20.3. The minimum Gasteiger partial charge on any atom is -0.322 e. The Kier molecular flexibility index (Phi) is 5.29. The zero-order valence-electron chi connectivity index (χ0n) is 15.9. The average Bonchev–Trinajstić information content (AvgIpc) is 3.26. The predicted molar refractivity (Wildman–Crippen MR) is 118 cm³/mol. The number of carbonyl (C=O) groups is 1. The number of thioether (sulfide) groups is 1. The summed E-state index contributed by atoms with van der Waals surface area (Å²) < 4.78 is 1.87. The summed E-state index contributed by atoms with van der Waals surface area (Å²) in [4.78, 5) is 18.2. The maximum Gasteiger partial charge on any atom is 0.256 e. The number of anilines is 1. The number of tetrazole rings is 1. The molecule has 1 N–H and O–H groups in total. The second kappa shape index (κ2) is 8.37. The number of thiazole rings is 1. The number of rotatable bonds is 7. The summed E-state index contributed by atoms with van der Waals surface area (Å²) in [5.74, 6) is 1.32. The van der Waals surface area contributed by atoms with Crippen molar-refractivity contribution in [1.82, 2.24) is 25.2 Å². The number of hydrogen-bond donors (Lipinski definition) is 1. The molecule has 0 bridgehead atoms. The fourth-order valence-electron chi connectivity index (χ4n) is 3.12. The summed E-state index contributed by atoms with van der Waals surface area (Å²) >= 11 is 3.18. The van der Waals surface area contributed by atoms with Crippen LogP contribution in [-0.2, 0) is 5.75 Å². The van der Waals surface area contributed by atoms with E-state index in [1.807, 2.05) is 64.1 Å². The molecule has 0 saturated heterocycles. The summed E-state index contributed by atoms with van der Waals surface area (Å²) in [5, 5.41) is 17.1. The van der Waals surface area contributed by atoms with Crippen molar-refractivity contribution in [1.29, 1.82) is 0 Å². The Morgan fingerprint density at radius 3 is 2.93 bits per heavy atom. The SMILES string of the molecule is O=C(Nc1cccc(-c2nnnn2C2CC2)c1)c1ccccc1SCc1cscn1. The van der Waals surface area contributed by atoms with E-state index in [0.717, 1.165) is 40.6 Å². The highest BCUT2D eigenvalue weighted by Crippen LogP contribution is 2.37. The summed E-state index contributed by atoms with van der Waals surface area (Å²) in [7, 11) is 0. The molecule has 0 radical (unpaired) electrons. The van der Waals surface area contributed by atoms with E-state index in [4.69, 9.17) is 0 Å². The van der Waals surface area contributed by atoms with Crippen molar-refractivity contribution in [2.75, 3.05) is 5.32 Å². The third-order valence-electron chi connectivity index (χ3n) is 4.75. The minimum atomic E-state index is -0.143. The van der Waals surface area contributed by atoms with Gasteiger partial charge in [0, 0.05) is 27.3 Å². The summed E-state index contributed by atoms with van der Waals surface area (Å²) in [5.41, 5.74) is 5.08. The molecule has 1 fully saturated rings. The van der Waals surface area contributed by atoms with Gasteiger partial charge in [-0.15, -0.1) is 28.2 Å². The molecule has 0 atom stereocenters. The number of hydrogen-bond acceptors (Lipinski definition) is 7. The number of benzene rings is 2. The highest BCUT2D eigenvalue weighted by Gasteiger charge is 2.28. The molecule has 4 aromatic rings. The second-order valence-corrected chi connectivity index (χ2v) is 8.71. The van der Waals surface area contributed by atoms with Crippen LogP contribution in [0, 0.1) is 0 Å². The molecule has 1 aliphatic carbocycles. The Balaban J connectivity index is 1.34. The molecule has 1 amide bonds. The third kappa shape index (κ3) is 4.12. The summed E-state index contributed by atoms with van der Waals surface area (Å²) in [6.45, 7) is 0. The molecule has 5 rings (SSSR count). The molecule has 0 spiro atoms. The first-order valence-electron chi connectivity index (χ1n) is 9.56. The van der Waals surface area contributed by atoms with E-state index < -0.39 is 0 Å². The number of aromatic nitrogens is 5. The lowest BCUT2D eigenvalue weighted by Gasteiger charge is -2.11. The number of nitrogens with zero attached hydrogens (tertiary/aromatic N) is 5. The van der Waals surface area contributed by atoms with Gasteiger partial charge in [0.25, 0.3) is 5.91 Å². The van der Waals surface area contributed by atoms with Crippen LogP contribution >= 0.6 is 23.1 Å². The van der Waals surface area contributed by atoms with Crippen LogP contribution in [0.2, 0.25) is 0 Å². The standard InChI is InChI=1S/C21H18N6OS2/c28-21(18-6-1-2-7-19(18)30-12-16-11-29-13-22-16)23-15-5-3-4-14(10-15)20-24-25-26-27(20)17-8-9-17/h1-7,10-11,13,17H,8-9,12H2,(H,23,28). The molecule has 2 aromatic carbocycles. The lowest BCUT2D eigenvalue weighted by Crippen LogP contribution is -2.13. The monoisotopic (exact) mass is 434 g/mol. The van der Waals surface area contributed by atoms with Gasteiger partial charge >= 0.3 is 0 Å². The highest BCUT2D eigenvalue weighted by atomic mass is 32.2. The molecule has 2 heterocycles.